The minimum Gasteiger partial charge on any atom is -0.361 e. The molecule has 0 fully saturated rings. The number of hydrogen-bond acceptors (Lipinski definition) is 5. The van der Waals surface area contributed by atoms with Crippen molar-refractivity contribution < 1.29 is 4.39 Å². The molecule has 1 N–H and O–H groups in total. The number of aromatic nitrogens is 2. The first-order valence-electron chi connectivity index (χ1n) is 6.30. The highest BCUT2D eigenvalue weighted by Crippen LogP contribution is 2.35. The van der Waals surface area contributed by atoms with Crippen molar-refractivity contribution >= 4 is 68.0 Å². The third kappa shape index (κ3) is 4.49. The van der Waals surface area contributed by atoms with Crippen molar-refractivity contribution in [2.24, 2.45) is 0 Å². The minimum atomic E-state index is -0.369. The summed E-state index contributed by atoms with van der Waals surface area (Å²) in [6.45, 7) is 0.820. The zero-order chi connectivity index (χ0) is 16.1. The number of thiocarbonyl (C=S) groups is 1. The van der Waals surface area contributed by atoms with Crippen LogP contribution in [0.2, 0.25) is 0 Å². The van der Waals surface area contributed by atoms with Gasteiger partial charge in [0, 0.05) is 31.1 Å². The zero-order valence-electron chi connectivity index (χ0n) is 12.0. The van der Waals surface area contributed by atoms with Crippen LogP contribution in [0, 0.1) is 9.52 Å². The van der Waals surface area contributed by atoms with Gasteiger partial charge in [-0.1, -0.05) is 11.3 Å². The van der Waals surface area contributed by atoms with Crippen LogP contribution in [0.15, 0.2) is 18.5 Å². The molecule has 22 heavy (non-hydrogen) atoms. The van der Waals surface area contributed by atoms with Crippen molar-refractivity contribution in [3.05, 3.63) is 28.0 Å². The molecule has 2 heterocycles. The Morgan fingerprint density at radius 2 is 2.32 bits per heavy atom. The van der Waals surface area contributed by atoms with Crippen LogP contribution in [-0.4, -0.2) is 40.7 Å². The summed E-state index contributed by atoms with van der Waals surface area (Å²) in [5.74, 6) is 0.625. The Morgan fingerprint density at radius 3 is 3.00 bits per heavy atom. The summed E-state index contributed by atoms with van der Waals surface area (Å²) in [6, 6.07) is 1.43. The molecule has 0 atom stereocenters. The molecule has 0 aromatic carbocycles. The van der Waals surface area contributed by atoms with Gasteiger partial charge in [-0.25, -0.2) is 9.37 Å². The van der Waals surface area contributed by atoms with Crippen LogP contribution in [0.3, 0.4) is 0 Å². The van der Waals surface area contributed by atoms with Gasteiger partial charge in [0.15, 0.2) is 5.11 Å². The zero-order valence-corrected chi connectivity index (χ0v) is 16.6. The number of hydrogen-bond donors (Lipinski definition) is 1. The van der Waals surface area contributed by atoms with Crippen molar-refractivity contribution in [1.29, 1.82) is 0 Å². The highest BCUT2D eigenvalue weighted by atomic mass is 127. The molecule has 2 aromatic heterocycles. The Hall–Kier alpha value is -0.520. The third-order valence-corrected chi connectivity index (χ3v) is 6.04. The van der Waals surface area contributed by atoms with Crippen LogP contribution >= 0.6 is 57.9 Å². The Labute approximate surface area is 156 Å². The number of nitrogens with one attached hydrogen (secondary N) is 1. The highest BCUT2D eigenvalue weighted by Gasteiger charge is 2.17. The van der Waals surface area contributed by atoms with E-state index in [1.165, 1.54) is 23.6 Å². The predicted molar refractivity (Wildman–Crippen MR) is 105 cm³/mol. The van der Waals surface area contributed by atoms with Gasteiger partial charge in [-0.15, -0.1) is 0 Å². The fourth-order valence-corrected chi connectivity index (χ4v) is 4.19. The van der Waals surface area contributed by atoms with Crippen LogP contribution in [-0.2, 0) is 0 Å². The molecular formula is C13H14FIN4S3. The molecule has 9 heteroatoms. The molecule has 0 bridgehead atoms. The SMILES string of the molecule is CSCCNC(=S)N(C)c1sc(-c2cncc(F)c2)nc1I. The summed E-state index contributed by atoms with van der Waals surface area (Å²) in [4.78, 5) is 10.2. The molecule has 0 amide bonds. The fraction of sp³-hybridized carbons (Fsp3) is 0.308. The Bertz CT molecular complexity index is 664. The Balaban J connectivity index is 2.17. The van der Waals surface area contributed by atoms with Gasteiger partial charge in [-0.05, 0) is 47.1 Å². The number of thioether (sulfide) groups is 1. The number of anilines is 1. The maximum absolute atomic E-state index is 13.3. The van der Waals surface area contributed by atoms with Crippen molar-refractivity contribution in [2.75, 3.05) is 30.5 Å². The maximum atomic E-state index is 13.3. The molecule has 0 radical (unpaired) electrons. The molecule has 2 rings (SSSR count). The molecule has 0 saturated carbocycles. The molecule has 0 saturated heterocycles. The molecule has 0 aliphatic heterocycles. The van der Waals surface area contributed by atoms with Gasteiger partial charge in [-0.2, -0.15) is 11.8 Å². The van der Waals surface area contributed by atoms with Gasteiger partial charge < -0.3 is 10.2 Å². The maximum Gasteiger partial charge on any atom is 0.173 e. The molecule has 4 nitrogen and oxygen atoms in total. The Kier molecular flexibility index (Phi) is 6.78. The third-order valence-electron chi connectivity index (χ3n) is 2.71. The molecule has 2 aromatic rings. The molecular weight excluding hydrogens is 454 g/mol. The van der Waals surface area contributed by atoms with E-state index in [0.717, 1.165) is 26.0 Å². The summed E-state index contributed by atoms with van der Waals surface area (Å²) in [7, 11) is 1.90. The van der Waals surface area contributed by atoms with Gasteiger partial charge in [0.1, 0.15) is 19.5 Å². The smallest absolute Gasteiger partial charge is 0.173 e. The lowest BCUT2D eigenvalue weighted by molar-refractivity contribution is 0.622. The van der Waals surface area contributed by atoms with Crippen molar-refractivity contribution in [2.45, 2.75) is 0 Å². The standard InChI is InChI=1S/C13H14FIN4S3/c1-19(13(20)17-3-4-21-2)12-10(15)18-11(22-12)8-5-9(14)7-16-6-8/h5-7H,3-4H2,1-2H3,(H,17,20). The Morgan fingerprint density at radius 1 is 1.55 bits per heavy atom. The van der Waals surface area contributed by atoms with Gasteiger partial charge in [0.25, 0.3) is 0 Å². The van der Waals surface area contributed by atoms with Crippen LogP contribution in [0.25, 0.3) is 10.6 Å². The van der Waals surface area contributed by atoms with Gasteiger partial charge >= 0.3 is 0 Å². The fourth-order valence-electron chi connectivity index (χ4n) is 1.62. The quantitative estimate of drug-likeness (QED) is 0.411. The van der Waals surface area contributed by atoms with E-state index in [1.807, 2.05) is 11.9 Å². The van der Waals surface area contributed by atoms with E-state index in [1.54, 1.807) is 18.0 Å². The van der Waals surface area contributed by atoms with Gasteiger partial charge in [-0.3, -0.25) is 4.98 Å². The second-order valence-electron chi connectivity index (χ2n) is 4.29. The first-order chi connectivity index (χ1) is 10.5. The lowest BCUT2D eigenvalue weighted by atomic mass is 10.3. The largest absolute Gasteiger partial charge is 0.361 e. The van der Waals surface area contributed by atoms with Crippen molar-refractivity contribution in [3.8, 4) is 10.6 Å². The lowest BCUT2D eigenvalue weighted by Gasteiger charge is -2.19. The number of halogens is 2. The average molecular weight is 468 g/mol. The van der Waals surface area contributed by atoms with Crippen LogP contribution in [0.5, 0.6) is 0 Å². The van der Waals surface area contributed by atoms with E-state index in [0.29, 0.717) is 10.7 Å². The average Bonchev–Trinajstić information content (AvgIpc) is 2.88. The van der Waals surface area contributed by atoms with Gasteiger partial charge in [0.2, 0.25) is 0 Å². The highest BCUT2D eigenvalue weighted by molar-refractivity contribution is 14.1. The summed E-state index contributed by atoms with van der Waals surface area (Å²) < 4.78 is 14.1. The second kappa shape index (κ2) is 8.37. The predicted octanol–water partition coefficient (Wildman–Crippen LogP) is 3.62. The van der Waals surface area contributed by atoms with Crippen LogP contribution in [0.4, 0.5) is 9.39 Å². The van der Waals surface area contributed by atoms with Gasteiger partial charge in [0.05, 0.1) is 6.20 Å². The molecule has 118 valence electrons. The van der Waals surface area contributed by atoms with E-state index in [4.69, 9.17) is 12.2 Å². The molecule has 0 aliphatic rings. The number of pyridine rings is 1. The van der Waals surface area contributed by atoms with Crippen molar-refractivity contribution in [1.82, 2.24) is 15.3 Å². The van der Waals surface area contributed by atoms with Crippen molar-refractivity contribution in [3.63, 3.8) is 0 Å². The number of thiazole rings is 1. The first kappa shape index (κ1) is 17.8. The van der Waals surface area contributed by atoms with E-state index in [-0.39, 0.29) is 5.82 Å². The minimum absolute atomic E-state index is 0.369. The van der Waals surface area contributed by atoms with Crippen LogP contribution in [0.1, 0.15) is 0 Å². The first-order valence-corrected chi connectivity index (χ1v) is 10.0. The lowest BCUT2D eigenvalue weighted by Crippen LogP contribution is -2.38. The monoisotopic (exact) mass is 468 g/mol. The topological polar surface area (TPSA) is 41.0 Å². The summed E-state index contributed by atoms with van der Waals surface area (Å²) in [5, 5.41) is 5.52. The van der Waals surface area contributed by atoms with E-state index in [9.17, 15) is 4.39 Å². The van der Waals surface area contributed by atoms with E-state index >= 15 is 0 Å². The molecule has 0 aliphatic carbocycles. The summed E-state index contributed by atoms with van der Waals surface area (Å²) >= 11 is 10.8. The normalized spacial score (nSPS) is 10.5. The number of rotatable bonds is 5. The van der Waals surface area contributed by atoms with E-state index in [2.05, 4.69) is 44.1 Å². The molecule has 0 spiro atoms. The van der Waals surface area contributed by atoms with Crippen LogP contribution < -0.4 is 10.2 Å². The molecule has 0 unspecified atom stereocenters. The summed E-state index contributed by atoms with van der Waals surface area (Å²) in [6.07, 6.45) is 4.84. The second-order valence-corrected chi connectivity index (χ2v) is 7.66. The number of nitrogens with zero attached hydrogens (tertiary/aromatic N) is 3. The summed E-state index contributed by atoms with van der Waals surface area (Å²) in [5.41, 5.74) is 0.670. The van der Waals surface area contributed by atoms with E-state index < -0.39 is 0 Å².